The predicted octanol–water partition coefficient (Wildman–Crippen LogP) is 7.53. The van der Waals surface area contributed by atoms with Gasteiger partial charge in [0.25, 0.3) is 10.0 Å². The number of benzene rings is 3. The smallest absolute Gasteiger partial charge is 0.264 e. The highest BCUT2D eigenvalue weighted by molar-refractivity contribution is 7.92. The molecule has 3 aromatic rings. The average molecular weight is 673 g/mol. The zero-order valence-electron chi connectivity index (χ0n) is 23.9. The zero-order valence-corrected chi connectivity index (χ0v) is 27.8. The molecule has 0 aromatic heterocycles. The van der Waals surface area contributed by atoms with Gasteiger partial charge in [-0.15, -0.1) is 0 Å². The Kier molecular flexibility index (Phi) is 11.2. The number of hydrogen-bond donors (Lipinski definition) is 1. The molecule has 0 fully saturated rings. The van der Waals surface area contributed by atoms with Gasteiger partial charge in [-0.2, -0.15) is 0 Å². The van der Waals surface area contributed by atoms with Crippen LogP contribution in [0.3, 0.4) is 0 Å². The number of rotatable bonds is 10. The molecule has 7 nitrogen and oxygen atoms in total. The molecule has 0 aliphatic rings. The predicted molar refractivity (Wildman–Crippen MR) is 171 cm³/mol. The van der Waals surface area contributed by atoms with Gasteiger partial charge in [-0.3, -0.25) is 13.9 Å². The normalized spacial score (nSPS) is 12.5. The van der Waals surface area contributed by atoms with Crippen LogP contribution in [0.15, 0.2) is 65.6 Å². The average Bonchev–Trinajstić information content (AvgIpc) is 2.90. The third kappa shape index (κ3) is 8.54. The first kappa shape index (κ1) is 34.0. The monoisotopic (exact) mass is 671 g/mol. The summed E-state index contributed by atoms with van der Waals surface area (Å²) in [5.74, 6) is -0.986. The van der Waals surface area contributed by atoms with Gasteiger partial charge in [0, 0.05) is 12.1 Å². The summed E-state index contributed by atoms with van der Waals surface area (Å²) in [5.41, 5.74) is 1.06. The summed E-state index contributed by atoms with van der Waals surface area (Å²) >= 11 is 24.7. The molecular formula is C30H33Cl4N3O4S. The quantitative estimate of drug-likeness (QED) is 0.241. The number of nitrogens with zero attached hydrogens (tertiary/aromatic N) is 2. The lowest BCUT2D eigenvalue weighted by Gasteiger charge is -2.35. The van der Waals surface area contributed by atoms with Gasteiger partial charge < -0.3 is 10.2 Å². The fourth-order valence-corrected chi connectivity index (χ4v) is 6.23. The molecular weight excluding hydrogens is 640 g/mol. The van der Waals surface area contributed by atoms with E-state index in [4.69, 9.17) is 46.4 Å². The Morgan fingerprint density at radius 3 is 1.95 bits per heavy atom. The molecule has 2 amide bonds. The third-order valence-electron chi connectivity index (χ3n) is 6.30. The second-order valence-corrected chi connectivity index (χ2v) is 14.3. The number of anilines is 1. The Labute approximate surface area is 267 Å². The van der Waals surface area contributed by atoms with Crippen molar-refractivity contribution >= 4 is 73.9 Å². The summed E-state index contributed by atoms with van der Waals surface area (Å²) < 4.78 is 28.9. The molecule has 226 valence electrons. The fourth-order valence-electron chi connectivity index (χ4n) is 4.21. The van der Waals surface area contributed by atoms with Gasteiger partial charge in [-0.05, 0) is 82.1 Å². The van der Waals surface area contributed by atoms with Gasteiger partial charge >= 0.3 is 0 Å². The molecule has 3 aromatic carbocycles. The first-order valence-electron chi connectivity index (χ1n) is 13.1. The lowest BCUT2D eigenvalue weighted by atomic mass is 10.1. The molecule has 42 heavy (non-hydrogen) atoms. The van der Waals surface area contributed by atoms with E-state index < -0.39 is 34.1 Å². The highest BCUT2D eigenvalue weighted by Crippen LogP contribution is 2.31. The lowest BCUT2D eigenvalue weighted by Crippen LogP contribution is -2.55. The first-order valence-corrected chi connectivity index (χ1v) is 16.1. The van der Waals surface area contributed by atoms with E-state index in [0.717, 1.165) is 9.87 Å². The molecule has 0 aliphatic heterocycles. The Balaban J connectivity index is 2.11. The lowest BCUT2D eigenvalue weighted by molar-refractivity contribution is -0.141. The number of halogens is 4. The van der Waals surface area contributed by atoms with Gasteiger partial charge in [0.1, 0.15) is 12.6 Å². The number of nitrogens with one attached hydrogen (secondary N) is 1. The van der Waals surface area contributed by atoms with Crippen LogP contribution in [-0.2, 0) is 26.2 Å². The topological polar surface area (TPSA) is 86.8 Å². The van der Waals surface area contributed by atoms with Crippen molar-refractivity contribution in [2.75, 3.05) is 10.8 Å². The Morgan fingerprint density at radius 1 is 0.857 bits per heavy atom. The SMILES string of the molecule is CC[C@H](C(=O)NC(C)(C)C)N(Cc1ccc(Cl)c(Cl)c1)C(=O)CN(c1ccc(Cl)c(Cl)c1)S(=O)(=O)c1ccc(C)cc1. The van der Waals surface area contributed by atoms with Gasteiger partial charge in [0.15, 0.2) is 0 Å². The van der Waals surface area contributed by atoms with Crippen molar-refractivity contribution in [1.29, 1.82) is 0 Å². The van der Waals surface area contributed by atoms with Crippen LogP contribution in [0.25, 0.3) is 0 Å². The van der Waals surface area contributed by atoms with Crippen LogP contribution in [0.2, 0.25) is 20.1 Å². The number of carbonyl (C=O) groups excluding carboxylic acids is 2. The standard InChI is InChI=1S/C30H33Cl4N3O4S/c1-6-27(29(39)35-30(3,4)5)36(17-20-9-13-23(31)25(33)15-20)28(38)18-37(21-10-14-24(32)26(34)16-21)42(40,41)22-11-7-19(2)8-12-22/h7-16,27H,6,17-18H2,1-5H3,(H,35,39)/t27-/m1/s1. The molecule has 1 N–H and O–H groups in total. The fraction of sp³-hybridized carbons (Fsp3) is 0.333. The van der Waals surface area contributed by atoms with Crippen molar-refractivity contribution in [2.24, 2.45) is 0 Å². The van der Waals surface area contributed by atoms with Crippen LogP contribution in [-0.4, -0.2) is 43.3 Å². The summed E-state index contributed by atoms with van der Waals surface area (Å²) in [4.78, 5) is 28.9. The van der Waals surface area contributed by atoms with Crippen LogP contribution < -0.4 is 9.62 Å². The molecule has 0 radical (unpaired) electrons. The Hall–Kier alpha value is -2.49. The van der Waals surface area contributed by atoms with Crippen molar-refractivity contribution < 1.29 is 18.0 Å². The van der Waals surface area contributed by atoms with E-state index in [-0.39, 0.29) is 44.5 Å². The molecule has 0 bridgehead atoms. The summed E-state index contributed by atoms with van der Waals surface area (Å²) in [5, 5.41) is 3.90. The molecule has 0 unspecified atom stereocenters. The highest BCUT2D eigenvalue weighted by Gasteiger charge is 2.35. The van der Waals surface area contributed by atoms with Gasteiger partial charge in [0.2, 0.25) is 11.8 Å². The van der Waals surface area contributed by atoms with E-state index >= 15 is 0 Å². The molecule has 1 atom stereocenters. The highest BCUT2D eigenvalue weighted by atomic mass is 35.5. The van der Waals surface area contributed by atoms with Crippen molar-refractivity contribution in [3.63, 3.8) is 0 Å². The number of aryl methyl sites for hydroxylation is 1. The van der Waals surface area contributed by atoms with Crippen molar-refractivity contribution in [3.05, 3.63) is 91.9 Å². The molecule has 0 saturated carbocycles. The van der Waals surface area contributed by atoms with Gasteiger partial charge in [-0.25, -0.2) is 8.42 Å². The van der Waals surface area contributed by atoms with Crippen LogP contribution in [0.1, 0.15) is 45.2 Å². The summed E-state index contributed by atoms with van der Waals surface area (Å²) in [6.45, 7) is 8.49. The van der Waals surface area contributed by atoms with Crippen LogP contribution in [0.5, 0.6) is 0 Å². The Bertz CT molecular complexity index is 1560. The summed E-state index contributed by atoms with van der Waals surface area (Å²) in [6.07, 6.45) is 0.270. The van der Waals surface area contributed by atoms with Crippen LogP contribution >= 0.6 is 46.4 Å². The number of carbonyl (C=O) groups is 2. The minimum atomic E-state index is -4.25. The van der Waals surface area contributed by atoms with Gasteiger partial charge in [-0.1, -0.05) is 77.1 Å². The van der Waals surface area contributed by atoms with Crippen molar-refractivity contribution in [3.8, 4) is 0 Å². The summed E-state index contributed by atoms with van der Waals surface area (Å²) in [7, 11) is -4.25. The van der Waals surface area contributed by atoms with Crippen LogP contribution in [0.4, 0.5) is 5.69 Å². The molecule has 0 aliphatic carbocycles. The second kappa shape index (κ2) is 13.9. The van der Waals surface area contributed by atoms with Crippen molar-refractivity contribution in [1.82, 2.24) is 10.2 Å². The molecule has 0 heterocycles. The number of amides is 2. The van der Waals surface area contributed by atoms with E-state index in [2.05, 4.69) is 5.32 Å². The van der Waals surface area contributed by atoms with Crippen LogP contribution in [0, 0.1) is 6.92 Å². The molecule has 12 heteroatoms. The van der Waals surface area contributed by atoms with E-state index in [1.165, 1.54) is 35.2 Å². The maximum absolute atomic E-state index is 14.2. The van der Waals surface area contributed by atoms with E-state index in [1.54, 1.807) is 37.3 Å². The first-order chi connectivity index (χ1) is 19.5. The zero-order chi connectivity index (χ0) is 31.4. The number of sulfonamides is 1. The number of hydrogen-bond acceptors (Lipinski definition) is 4. The largest absolute Gasteiger partial charge is 0.350 e. The minimum absolute atomic E-state index is 0.0134. The van der Waals surface area contributed by atoms with Gasteiger partial charge in [0.05, 0.1) is 30.7 Å². The Morgan fingerprint density at radius 2 is 1.43 bits per heavy atom. The summed E-state index contributed by atoms with van der Waals surface area (Å²) in [6, 6.07) is 14.6. The maximum atomic E-state index is 14.2. The third-order valence-corrected chi connectivity index (χ3v) is 9.57. The van der Waals surface area contributed by atoms with E-state index in [0.29, 0.717) is 10.6 Å². The molecule has 0 saturated heterocycles. The van der Waals surface area contributed by atoms with E-state index in [1.807, 2.05) is 27.7 Å². The molecule has 3 rings (SSSR count). The maximum Gasteiger partial charge on any atom is 0.264 e. The van der Waals surface area contributed by atoms with E-state index in [9.17, 15) is 18.0 Å². The minimum Gasteiger partial charge on any atom is -0.350 e. The van der Waals surface area contributed by atoms with Crippen molar-refractivity contribution in [2.45, 2.75) is 64.1 Å². The molecule has 0 spiro atoms. The second-order valence-electron chi connectivity index (χ2n) is 10.9.